The number of aromatic nitrogens is 1. The number of carbonyl (C=O) groups is 1. The summed E-state index contributed by atoms with van der Waals surface area (Å²) in [6, 6.07) is 8.69. The van der Waals surface area contributed by atoms with Crippen LogP contribution in [0.5, 0.6) is 0 Å². The van der Waals surface area contributed by atoms with Gasteiger partial charge >= 0.3 is 0 Å². The van der Waals surface area contributed by atoms with Crippen molar-refractivity contribution in [1.82, 2.24) is 4.57 Å². The van der Waals surface area contributed by atoms with Crippen molar-refractivity contribution in [1.29, 1.82) is 0 Å². The lowest BCUT2D eigenvalue weighted by Gasteiger charge is -2.21. The molecule has 1 atom stereocenters. The van der Waals surface area contributed by atoms with Crippen molar-refractivity contribution in [3.63, 3.8) is 0 Å². The van der Waals surface area contributed by atoms with Crippen LogP contribution in [-0.2, 0) is 11.8 Å². The number of ketones is 1. The fourth-order valence-corrected chi connectivity index (χ4v) is 3.09. The molecule has 1 aromatic carbocycles. The molecule has 0 amide bonds. The Balaban J connectivity index is 2.11. The van der Waals surface area contributed by atoms with E-state index in [0.717, 1.165) is 19.3 Å². The van der Waals surface area contributed by atoms with Crippen molar-refractivity contribution in [2.24, 2.45) is 7.05 Å². The van der Waals surface area contributed by atoms with Crippen molar-refractivity contribution in [3.05, 3.63) is 35.5 Å². The van der Waals surface area contributed by atoms with Gasteiger partial charge in [-0.1, -0.05) is 18.6 Å². The minimum atomic E-state index is 0.122. The second-order valence-corrected chi connectivity index (χ2v) is 5.46. The van der Waals surface area contributed by atoms with Crippen LogP contribution in [0, 0.1) is 6.92 Å². The molecular weight excluding hydrogens is 222 g/mol. The average Bonchev–Trinajstić information content (AvgIpc) is 2.68. The SMILES string of the molecule is Cc1ccc2cc(C3CCCCC3=O)n(C)c2c1. The van der Waals surface area contributed by atoms with Crippen LogP contribution in [0.1, 0.15) is 42.9 Å². The molecule has 0 aliphatic heterocycles. The van der Waals surface area contributed by atoms with E-state index in [9.17, 15) is 4.79 Å². The molecular formula is C16H19NO. The molecule has 94 valence electrons. The molecule has 2 aromatic rings. The van der Waals surface area contributed by atoms with E-state index in [2.05, 4.69) is 42.8 Å². The number of carbonyl (C=O) groups excluding carboxylic acids is 1. The van der Waals surface area contributed by atoms with Gasteiger partial charge in [0, 0.05) is 24.7 Å². The maximum absolute atomic E-state index is 12.1. The predicted octanol–water partition coefficient (Wildman–Crippen LogP) is 3.71. The van der Waals surface area contributed by atoms with Gasteiger partial charge in [-0.15, -0.1) is 0 Å². The monoisotopic (exact) mass is 241 g/mol. The highest BCUT2D eigenvalue weighted by atomic mass is 16.1. The zero-order valence-corrected chi connectivity index (χ0v) is 11.1. The van der Waals surface area contributed by atoms with E-state index in [0.29, 0.717) is 5.78 Å². The lowest BCUT2D eigenvalue weighted by atomic mass is 9.85. The fraction of sp³-hybridized carbons (Fsp3) is 0.438. The topological polar surface area (TPSA) is 22.0 Å². The fourth-order valence-electron chi connectivity index (χ4n) is 3.09. The third kappa shape index (κ3) is 1.76. The quantitative estimate of drug-likeness (QED) is 0.746. The highest BCUT2D eigenvalue weighted by Gasteiger charge is 2.26. The molecule has 0 spiro atoms. The van der Waals surface area contributed by atoms with Crippen LogP contribution in [0.2, 0.25) is 0 Å². The summed E-state index contributed by atoms with van der Waals surface area (Å²) in [6.07, 6.45) is 4.02. The number of hydrogen-bond donors (Lipinski definition) is 0. The lowest BCUT2D eigenvalue weighted by molar-refractivity contribution is -0.122. The summed E-state index contributed by atoms with van der Waals surface area (Å²) in [7, 11) is 2.08. The number of rotatable bonds is 1. The molecule has 1 aromatic heterocycles. The summed E-state index contributed by atoms with van der Waals surface area (Å²) in [5.74, 6) is 0.542. The molecule has 0 saturated heterocycles. The molecule has 1 saturated carbocycles. The van der Waals surface area contributed by atoms with Crippen molar-refractivity contribution in [2.45, 2.75) is 38.5 Å². The standard InChI is InChI=1S/C16H19NO/c1-11-7-8-12-10-15(17(2)14(12)9-11)13-5-3-4-6-16(13)18/h7-10,13H,3-6H2,1-2H3. The molecule has 18 heavy (non-hydrogen) atoms. The minimum Gasteiger partial charge on any atom is -0.347 e. The summed E-state index contributed by atoms with van der Waals surface area (Å²) in [5, 5.41) is 1.25. The number of aryl methyl sites for hydroxylation is 2. The maximum Gasteiger partial charge on any atom is 0.141 e. The van der Waals surface area contributed by atoms with Crippen molar-refractivity contribution >= 4 is 16.7 Å². The zero-order chi connectivity index (χ0) is 12.7. The van der Waals surface area contributed by atoms with Gasteiger partial charge in [0.15, 0.2) is 0 Å². The van der Waals surface area contributed by atoms with Gasteiger partial charge in [-0.25, -0.2) is 0 Å². The van der Waals surface area contributed by atoms with Gasteiger partial charge in [0.25, 0.3) is 0 Å². The van der Waals surface area contributed by atoms with E-state index in [-0.39, 0.29) is 5.92 Å². The third-order valence-electron chi connectivity index (χ3n) is 4.15. The first-order valence-electron chi connectivity index (χ1n) is 6.75. The molecule has 3 rings (SSSR count). The van der Waals surface area contributed by atoms with Gasteiger partial charge in [-0.3, -0.25) is 4.79 Å². The molecule has 0 radical (unpaired) electrons. The zero-order valence-electron chi connectivity index (χ0n) is 11.1. The molecule has 2 nitrogen and oxygen atoms in total. The normalized spacial score (nSPS) is 20.6. The van der Waals surface area contributed by atoms with Gasteiger partial charge in [0.05, 0.1) is 5.92 Å². The number of fused-ring (bicyclic) bond motifs is 1. The highest BCUT2D eigenvalue weighted by molar-refractivity contribution is 5.89. The van der Waals surface area contributed by atoms with Gasteiger partial charge in [0.2, 0.25) is 0 Å². The molecule has 1 aliphatic rings. The second-order valence-electron chi connectivity index (χ2n) is 5.46. The smallest absolute Gasteiger partial charge is 0.141 e. The number of Topliss-reactive ketones (excluding diaryl/α,β-unsaturated/α-hetero) is 1. The summed E-state index contributed by atoms with van der Waals surface area (Å²) in [5.41, 5.74) is 3.70. The lowest BCUT2D eigenvalue weighted by Crippen LogP contribution is -2.19. The van der Waals surface area contributed by atoms with Crippen LogP contribution in [0.25, 0.3) is 10.9 Å². The summed E-state index contributed by atoms with van der Waals surface area (Å²) in [4.78, 5) is 12.1. The first-order chi connectivity index (χ1) is 8.66. The Morgan fingerprint density at radius 3 is 2.83 bits per heavy atom. The van der Waals surface area contributed by atoms with Crippen LogP contribution < -0.4 is 0 Å². The van der Waals surface area contributed by atoms with Gasteiger partial charge < -0.3 is 4.57 Å². The van der Waals surface area contributed by atoms with Crippen molar-refractivity contribution in [2.75, 3.05) is 0 Å². The van der Waals surface area contributed by atoms with E-state index in [1.54, 1.807) is 0 Å². The van der Waals surface area contributed by atoms with E-state index < -0.39 is 0 Å². The third-order valence-corrected chi connectivity index (χ3v) is 4.15. The van der Waals surface area contributed by atoms with Crippen molar-refractivity contribution in [3.8, 4) is 0 Å². The molecule has 1 aliphatic carbocycles. The van der Waals surface area contributed by atoms with Crippen LogP contribution >= 0.6 is 0 Å². The highest BCUT2D eigenvalue weighted by Crippen LogP contribution is 2.33. The minimum absolute atomic E-state index is 0.122. The maximum atomic E-state index is 12.1. The Labute approximate surface area is 108 Å². The van der Waals surface area contributed by atoms with Crippen LogP contribution in [0.4, 0.5) is 0 Å². The first kappa shape index (κ1) is 11.5. The Morgan fingerprint density at radius 2 is 2.06 bits per heavy atom. The molecule has 1 heterocycles. The molecule has 1 unspecified atom stereocenters. The van der Waals surface area contributed by atoms with Gasteiger partial charge in [-0.05, 0) is 42.8 Å². The largest absolute Gasteiger partial charge is 0.347 e. The molecule has 2 heteroatoms. The number of hydrogen-bond acceptors (Lipinski definition) is 1. The number of benzene rings is 1. The molecule has 0 bridgehead atoms. The molecule has 1 fully saturated rings. The predicted molar refractivity (Wildman–Crippen MR) is 73.9 cm³/mol. The van der Waals surface area contributed by atoms with E-state index in [4.69, 9.17) is 0 Å². The van der Waals surface area contributed by atoms with Crippen LogP contribution in [0.3, 0.4) is 0 Å². The number of nitrogens with zero attached hydrogens (tertiary/aromatic N) is 1. The Morgan fingerprint density at radius 1 is 1.22 bits per heavy atom. The molecule has 0 N–H and O–H groups in total. The van der Waals surface area contributed by atoms with Crippen molar-refractivity contribution < 1.29 is 4.79 Å². The summed E-state index contributed by atoms with van der Waals surface area (Å²) in [6.45, 7) is 2.11. The van der Waals surface area contributed by atoms with Crippen LogP contribution in [-0.4, -0.2) is 10.4 Å². The van der Waals surface area contributed by atoms with E-state index in [1.165, 1.54) is 28.6 Å². The average molecular weight is 241 g/mol. The van der Waals surface area contributed by atoms with Crippen LogP contribution in [0.15, 0.2) is 24.3 Å². The summed E-state index contributed by atoms with van der Waals surface area (Å²) < 4.78 is 2.20. The van der Waals surface area contributed by atoms with E-state index in [1.807, 2.05) is 0 Å². The first-order valence-corrected chi connectivity index (χ1v) is 6.75. The van der Waals surface area contributed by atoms with Gasteiger partial charge in [-0.2, -0.15) is 0 Å². The Kier molecular flexibility index (Phi) is 2.73. The Bertz CT molecular complexity index is 609. The van der Waals surface area contributed by atoms with E-state index >= 15 is 0 Å². The van der Waals surface area contributed by atoms with Gasteiger partial charge in [0.1, 0.15) is 5.78 Å². The summed E-state index contributed by atoms with van der Waals surface area (Å²) >= 11 is 0. The second kappa shape index (κ2) is 4.27. The Hall–Kier alpha value is -1.57.